The highest BCUT2D eigenvalue weighted by Gasteiger charge is 1.71. The van der Waals surface area contributed by atoms with Gasteiger partial charge >= 0.3 is 0 Å². The fraction of sp³-hybridized carbons (Fsp3) is 0.250. The van der Waals surface area contributed by atoms with Gasteiger partial charge in [0.05, 0.1) is 0 Å². The van der Waals surface area contributed by atoms with Crippen molar-refractivity contribution in [3.63, 3.8) is 0 Å². The van der Waals surface area contributed by atoms with Crippen molar-refractivity contribution in [1.29, 1.82) is 5.41 Å². The van der Waals surface area contributed by atoms with Crippen molar-refractivity contribution in [2.75, 3.05) is 0 Å². The summed E-state index contributed by atoms with van der Waals surface area (Å²) < 4.78 is 0. The Morgan fingerprint density at radius 2 is 2.00 bits per heavy atom. The molecule has 0 atom stereocenters. The molecule has 0 rings (SSSR count). The molecule has 0 aromatic carbocycles. The van der Waals surface area contributed by atoms with Gasteiger partial charge in [-0.1, -0.05) is 6.58 Å². The van der Waals surface area contributed by atoms with E-state index in [1.807, 2.05) is 0 Å². The van der Waals surface area contributed by atoms with E-state index in [0.717, 1.165) is 0 Å². The van der Waals surface area contributed by atoms with Gasteiger partial charge in [-0.3, -0.25) is 0 Å². The Hall–Kier alpha value is -0.790. The second kappa shape index (κ2) is 1.60. The lowest BCUT2D eigenvalue weighted by Gasteiger charge is -2.01. The fourth-order valence-corrected chi connectivity index (χ4v) is 0. The normalized spacial score (nSPS) is 7.50. The second-order valence-corrected chi connectivity index (χ2v) is 1.11. The number of rotatable bonds is 1. The summed E-state index contributed by atoms with van der Waals surface area (Å²) in [7, 11) is 0. The molecule has 0 aromatic heterocycles. The van der Waals surface area contributed by atoms with E-state index in [1.54, 1.807) is 0 Å². The third-order valence-corrected chi connectivity index (χ3v) is 0.388. The van der Waals surface area contributed by atoms with Crippen molar-refractivity contribution in [2.24, 2.45) is 0 Å². The minimum Gasteiger partial charge on any atom is -0.859 e. The summed E-state index contributed by atoms with van der Waals surface area (Å²) in [6.45, 7) is 4.73. The zero-order chi connectivity index (χ0) is 5.15. The molecule has 0 heterocycles. The maximum Gasteiger partial charge on any atom is -0.0199 e. The first-order valence-electron chi connectivity index (χ1n) is 1.56. The van der Waals surface area contributed by atoms with Crippen LogP contribution in [0.4, 0.5) is 0 Å². The van der Waals surface area contributed by atoms with E-state index < -0.39 is 5.90 Å². The van der Waals surface area contributed by atoms with Gasteiger partial charge in [-0.05, 0) is 18.4 Å². The van der Waals surface area contributed by atoms with Crippen LogP contribution in [0.5, 0.6) is 0 Å². The van der Waals surface area contributed by atoms with Crippen LogP contribution in [0.1, 0.15) is 6.92 Å². The molecule has 2 nitrogen and oxygen atoms in total. The Morgan fingerprint density at radius 1 is 1.83 bits per heavy atom. The van der Waals surface area contributed by atoms with Crippen molar-refractivity contribution in [2.45, 2.75) is 6.92 Å². The van der Waals surface area contributed by atoms with Gasteiger partial charge in [0.1, 0.15) is 0 Å². The molecule has 0 radical (unpaired) electrons. The molecular weight excluding hydrogens is 78.0 g/mol. The molecular formula is C4H6NO-. The van der Waals surface area contributed by atoms with Gasteiger partial charge in [-0.25, -0.2) is 0 Å². The zero-order valence-corrected chi connectivity index (χ0v) is 3.62. The Balaban J connectivity index is 3.57. The van der Waals surface area contributed by atoms with Crippen LogP contribution in [0.2, 0.25) is 0 Å². The highest BCUT2D eigenvalue weighted by atomic mass is 16.3. The monoisotopic (exact) mass is 84.0 g/mol. The van der Waals surface area contributed by atoms with E-state index in [1.165, 1.54) is 6.92 Å². The van der Waals surface area contributed by atoms with Crippen molar-refractivity contribution in [3.05, 3.63) is 12.2 Å². The summed E-state index contributed by atoms with van der Waals surface area (Å²) in [5, 5.41) is 16.0. The quantitative estimate of drug-likeness (QED) is 0.350. The van der Waals surface area contributed by atoms with Crippen LogP contribution in [-0.4, -0.2) is 5.90 Å². The largest absolute Gasteiger partial charge is 0.859 e. The molecule has 0 aromatic rings. The molecule has 2 heteroatoms. The standard InChI is InChI=1S/C4H7NO/c1-3(2)4(5)6/h1H2,2H3,(H2,5,6)/p-1. The van der Waals surface area contributed by atoms with Gasteiger partial charge in [0, 0.05) is 0 Å². The first-order chi connectivity index (χ1) is 2.64. The molecule has 1 N–H and O–H groups in total. The lowest BCUT2D eigenvalue weighted by molar-refractivity contribution is -0.214. The van der Waals surface area contributed by atoms with Crippen LogP contribution in [-0.2, 0) is 0 Å². The summed E-state index contributed by atoms with van der Waals surface area (Å²) in [5.41, 5.74) is 0.287. The highest BCUT2D eigenvalue weighted by Crippen LogP contribution is 1.78. The predicted octanol–water partition coefficient (Wildman–Crippen LogP) is -0.0999. The summed E-state index contributed by atoms with van der Waals surface area (Å²) in [6, 6.07) is 0. The Bertz CT molecular complexity index is 73.5. The maximum absolute atomic E-state index is 9.71. The highest BCUT2D eigenvalue weighted by molar-refractivity contribution is 5.85. The molecule has 0 saturated carbocycles. The molecule has 0 saturated heterocycles. The van der Waals surface area contributed by atoms with Crippen LogP contribution >= 0.6 is 0 Å². The molecule has 0 fully saturated rings. The molecule has 34 valence electrons. The van der Waals surface area contributed by atoms with E-state index in [0.29, 0.717) is 0 Å². The lowest BCUT2D eigenvalue weighted by Crippen LogP contribution is -2.15. The zero-order valence-electron chi connectivity index (χ0n) is 3.62. The second-order valence-electron chi connectivity index (χ2n) is 1.11. The molecule has 0 spiro atoms. The average Bonchev–Trinajstić information content (AvgIpc) is 1.36. The molecule has 0 bridgehead atoms. The van der Waals surface area contributed by atoms with E-state index in [-0.39, 0.29) is 5.57 Å². The first kappa shape index (κ1) is 5.21. The molecule has 0 amide bonds. The minimum absolute atomic E-state index is 0.287. The van der Waals surface area contributed by atoms with Crippen LogP contribution in [0.3, 0.4) is 0 Å². The summed E-state index contributed by atoms with van der Waals surface area (Å²) in [6.07, 6.45) is 0. The van der Waals surface area contributed by atoms with Crippen LogP contribution in [0.25, 0.3) is 0 Å². The van der Waals surface area contributed by atoms with Gasteiger partial charge in [-0.2, -0.15) is 0 Å². The van der Waals surface area contributed by atoms with Crippen molar-refractivity contribution < 1.29 is 5.11 Å². The Morgan fingerprint density at radius 3 is 2.00 bits per heavy atom. The fourth-order valence-electron chi connectivity index (χ4n) is 0. The average molecular weight is 84.1 g/mol. The van der Waals surface area contributed by atoms with E-state index in [2.05, 4.69) is 6.58 Å². The minimum atomic E-state index is -0.685. The predicted molar refractivity (Wildman–Crippen MR) is 22.5 cm³/mol. The van der Waals surface area contributed by atoms with Crippen molar-refractivity contribution in [1.82, 2.24) is 0 Å². The summed E-state index contributed by atoms with van der Waals surface area (Å²) in [5.74, 6) is -0.685. The van der Waals surface area contributed by atoms with E-state index >= 15 is 0 Å². The summed E-state index contributed by atoms with van der Waals surface area (Å²) >= 11 is 0. The van der Waals surface area contributed by atoms with Crippen LogP contribution in [0, 0.1) is 5.41 Å². The van der Waals surface area contributed by atoms with Gasteiger partial charge in [0.2, 0.25) is 0 Å². The van der Waals surface area contributed by atoms with Gasteiger partial charge in [0.25, 0.3) is 0 Å². The molecule has 0 aliphatic carbocycles. The van der Waals surface area contributed by atoms with Crippen LogP contribution < -0.4 is 5.11 Å². The number of hydrogen-bond acceptors (Lipinski definition) is 2. The maximum atomic E-state index is 9.71. The third kappa shape index (κ3) is 1.52. The molecule has 0 unspecified atom stereocenters. The molecule has 0 aliphatic rings. The third-order valence-electron chi connectivity index (χ3n) is 0.388. The van der Waals surface area contributed by atoms with Crippen LogP contribution in [0.15, 0.2) is 12.2 Å². The van der Waals surface area contributed by atoms with Crippen molar-refractivity contribution >= 4 is 5.90 Å². The van der Waals surface area contributed by atoms with E-state index in [9.17, 15) is 5.11 Å². The number of nitrogens with one attached hydrogen (secondary N) is 1. The molecule has 0 aliphatic heterocycles. The smallest absolute Gasteiger partial charge is 0.0199 e. The SMILES string of the molecule is C=C(C)C(=N)[O-]. The lowest BCUT2D eigenvalue weighted by atomic mass is 10.4. The van der Waals surface area contributed by atoms with E-state index in [4.69, 9.17) is 5.41 Å². The summed E-state index contributed by atoms with van der Waals surface area (Å²) in [4.78, 5) is 0. The topological polar surface area (TPSA) is 46.9 Å². The first-order valence-corrected chi connectivity index (χ1v) is 1.56. The van der Waals surface area contributed by atoms with Crippen molar-refractivity contribution in [3.8, 4) is 0 Å². The van der Waals surface area contributed by atoms with Gasteiger partial charge < -0.3 is 10.5 Å². The molecule has 6 heavy (non-hydrogen) atoms. The Labute approximate surface area is 36.6 Å². The number of hydrogen-bond donors (Lipinski definition) is 1. The van der Waals surface area contributed by atoms with Gasteiger partial charge in [0.15, 0.2) is 0 Å². The van der Waals surface area contributed by atoms with Gasteiger partial charge in [-0.15, -0.1) is 0 Å². The Kier molecular flexibility index (Phi) is 1.39.